The Kier molecular flexibility index (Phi) is 5.92. The minimum absolute atomic E-state index is 0.0843. The maximum absolute atomic E-state index is 12.8. The largest absolute Gasteiger partial charge is 0.488 e. The second-order valence-corrected chi connectivity index (χ2v) is 6.81. The third-order valence-corrected chi connectivity index (χ3v) is 4.75. The first-order valence-electron chi connectivity index (χ1n) is 9.18. The summed E-state index contributed by atoms with van der Waals surface area (Å²) in [6.07, 6.45) is 0. The molecule has 0 aromatic heterocycles. The number of carbonyl (C=O) groups is 1. The minimum Gasteiger partial charge on any atom is -0.488 e. The Morgan fingerprint density at radius 1 is 0.926 bits per heavy atom. The molecule has 1 atom stereocenters. The molecule has 138 valence electrons. The summed E-state index contributed by atoms with van der Waals surface area (Å²) < 4.78 is 5.91. The van der Waals surface area contributed by atoms with Gasteiger partial charge in [-0.2, -0.15) is 0 Å². The first-order valence-corrected chi connectivity index (χ1v) is 9.18. The fraction of sp³-hybridized carbons (Fsp3) is 0.208. The van der Waals surface area contributed by atoms with Crippen molar-refractivity contribution in [2.45, 2.75) is 33.4 Å². The first-order chi connectivity index (χ1) is 13.0. The summed E-state index contributed by atoms with van der Waals surface area (Å²) in [5.74, 6) is 0.454. The number of hydrogen-bond acceptors (Lipinski definition) is 2. The zero-order valence-corrected chi connectivity index (χ0v) is 16.0. The average molecular weight is 359 g/mol. The molecule has 3 rings (SSSR count). The number of benzene rings is 3. The Hall–Kier alpha value is -3.07. The second kappa shape index (κ2) is 8.54. The topological polar surface area (TPSA) is 38.3 Å². The van der Waals surface area contributed by atoms with Gasteiger partial charge in [0.15, 0.2) is 0 Å². The summed E-state index contributed by atoms with van der Waals surface area (Å²) in [5.41, 5.74) is 5.17. The number of aryl methyl sites for hydroxylation is 2. The van der Waals surface area contributed by atoms with Crippen LogP contribution in [0.2, 0.25) is 0 Å². The van der Waals surface area contributed by atoms with Crippen LogP contribution < -0.4 is 10.1 Å². The van der Waals surface area contributed by atoms with Gasteiger partial charge in [0, 0.05) is 0 Å². The molecule has 27 heavy (non-hydrogen) atoms. The average Bonchev–Trinajstić information content (AvgIpc) is 2.69. The molecule has 3 nitrogen and oxygen atoms in total. The number of rotatable bonds is 6. The predicted molar refractivity (Wildman–Crippen MR) is 109 cm³/mol. The highest BCUT2D eigenvalue weighted by molar-refractivity contribution is 5.97. The molecule has 0 aliphatic rings. The Balaban J connectivity index is 1.71. The van der Waals surface area contributed by atoms with Gasteiger partial charge in [0.1, 0.15) is 12.4 Å². The van der Waals surface area contributed by atoms with Gasteiger partial charge in [0.05, 0.1) is 11.6 Å². The van der Waals surface area contributed by atoms with Crippen molar-refractivity contribution < 1.29 is 9.53 Å². The number of carbonyl (C=O) groups excluding carboxylic acids is 1. The third kappa shape index (κ3) is 4.76. The molecule has 0 heterocycles. The quantitative estimate of drug-likeness (QED) is 0.642. The van der Waals surface area contributed by atoms with E-state index in [1.54, 1.807) is 6.07 Å². The third-order valence-electron chi connectivity index (χ3n) is 4.75. The molecular weight excluding hydrogens is 334 g/mol. The van der Waals surface area contributed by atoms with Gasteiger partial charge in [-0.3, -0.25) is 4.79 Å². The van der Waals surface area contributed by atoms with E-state index in [0.29, 0.717) is 17.9 Å². The SMILES string of the molecule is Cc1ccc([C@@H](C)NC(=O)c2ccccc2OCc2ccccc2)cc1C. The van der Waals surface area contributed by atoms with Gasteiger partial charge in [0.2, 0.25) is 0 Å². The van der Waals surface area contributed by atoms with Crippen molar-refractivity contribution in [1.82, 2.24) is 5.32 Å². The van der Waals surface area contributed by atoms with Crippen LogP contribution in [0.15, 0.2) is 72.8 Å². The molecule has 3 heteroatoms. The van der Waals surface area contributed by atoms with Crippen LogP contribution in [0.25, 0.3) is 0 Å². The molecule has 3 aromatic carbocycles. The molecule has 0 aliphatic heterocycles. The van der Waals surface area contributed by atoms with E-state index in [9.17, 15) is 4.79 Å². The van der Waals surface area contributed by atoms with E-state index in [-0.39, 0.29) is 11.9 Å². The van der Waals surface area contributed by atoms with Gasteiger partial charge in [0.25, 0.3) is 5.91 Å². The summed E-state index contributed by atoms with van der Waals surface area (Å²) >= 11 is 0. The molecule has 0 saturated heterocycles. The molecule has 0 fully saturated rings. The fourth-order valence-corrected chi connectivity index (χ4v) is 2.91. The molecule has 0 saturated carbocycles. The molecule has 0 unspecified atom stereocenters. The smallest absolute Gasteiger partial charge is 0.255 e. The highest BCUT2D eigenvalue weighted by atomic mass is 16.5. The van der Waals surface area contributed by atoms with Gasteiger partial charge < -0.3 is 10.1 Å². The molecular formula is C24H25NO2. The van der Waals surface area contributed by atoms with Gasteiger partial charge >= 0.3 is 0 Å². The van der Waals surface area contributed by atoms with Gasteiger partial charge in [-0.15, -0.1) is 0 Å². The highest BCUT2D eigenvalue weighted by Crippen LogP contribution is 2.22. The molecule has 0 aliphatic carbocycles. The van der Waals surface area contributed by atoms with E-state index in [1.807, 2.05) is 55.5 Å². The summed E-state index contributed by atoms with van der Waals surface area (Å²) in [6.45, 7) is 6.59. The number of nitrogens with one attached hydrogen (secondary N) is 1. The lowest BCUT2D eigenvalue weighted by molar-refractivity contribution is 0.0935. The summed E-state index contributed by atoms with van der Waals surface area (Å²) in [7, 11) is 0. The van der Waals surface area contributed by atoms with Crippen molar-refractivity contribution in [3.05, 3.63) is 101 Å². The molecule has 0 spiro atoms. The lowest BCUT2D eigenvalue weighted by Gasteiger charge is -2.17. The monoisotopic (exact) mass is 359 g/mol. The lowest BCUT2D eigenvalue weighted by Crippen LogP contribution is -2.27. The van der Waals surface area contributed by atoms with Crippen molar-refractivity contribution in [2.24, 2.45) is 0 Å². The normalized spacial score (nSPS) is 11.7. The van der Waals surface area contributed by atoms with Crippen LogP contribution >= 0.6 is 0 Å². The van der Waals surface area contributed by atoms with Crippen LogP contribution in [0.1, 0.15) is 45.6 Å². The van der Waals surface area contributed by atoms with Gasteiger partial charge in [-0.05, 0) is 55.2 Å². The zero-order chi connectivity index (χ0) is 19.2. The van der Waals surface area contributed by atoms with Crippen molar-refractivity contribution in [1.29, 1.82) is 0 Å². The van der Waals surface area contributed by atoms with E-state index < -0.39 is 0 Å². The number of hydrogen-bond donors (Lipinski definition) is 1. The van der Waals surface area contributed by atoms with Gasteiger partial charge in [-0.1, -0.05) is 60.7 Å². The van der Waals surface area contributed by atoms with E-state index in [2.05, 4.69) is 37.4 Å². The van der Waals surface area contributed by atoms with Crippen LogP contribution in [-0.2, 0) is 6.61 Å². The summed E-state index contributed by atoms with van der Waals surface area (Å²) in [5, 5.41) is 3.08. The Labute approximate surface area is 161 Å². The predicted octanol–water partition coefficient (Wildman–Crippen LogP) is 5.37. The molecule has 1 amide bonds. The van der Waals surface area contributed by atoms with Crippen LogP contribution in [0.5, 0.6) is 5.75 Å². The van der Waals surface area contributed by atoms with E-state index in [4.69, 9.17) is 4.74 Å². The Morgan fingerprint density at radius 2 is 1.63 bits per heavy atom. The molecule has 1 N–H and O–H groups in total. The second-order valence-electron chi connectivity index (χ2n) is 6.81. The van der Waals surface area contributed by atoms with Crippen LogP contribution in [0.3, 0.4) is 0 Å². The van der Waals surface area contributed by atoms with E-state index in [0.717, 1.165) is 11.1 Å². The van der Waals surface area contributed by atoms with Crippen molar-refractivity contribution in [2.75, 3.05) is 0 Å². The fourth-order valence-electron chi connectivity index (χ4n) is 2.91. The zero-order valence-electron chi connectivity index (χ0n) is 16.0. The number of para-hydroxylation sites is 1. The Bertz CT molecular complexity index is 919. The van der Waals surface area contributed by atoms with E-state index in [1.165, 1.54) is 11.1 Å². The molecule has 0 bridgehead atoms. The van der Waals surface area contributed by atoms with Crippen molar-refractivity contribution in [3.63, 3.8) is 0 Å². The van der Waals surface area contributed by atoms with Crippen LogP contribution in [0, 0.1) is 13.8 Å². The van der Waals surface area contributed by atoms with Crippen molar-refractivity contribution in [3.8, 4) is 5.75 Å². The molecule has 0 radical (unpaired) electrons. The lowest BCUT2D eigenvalue weighted by atomic mass is 10.0. The van der Waals surface area contributed by atoms with Crippen LogP contribution in [0.4, 0.5) is 0 Å². The van der Waals surface area contributed by atoms with Crippen LogP contribution in [-0.4, -0.2) is 5.91 Å². The summed E-state index contributed by atoms with van der Waals surface area (Å²) in [6, 6.07) is 23.5. The van der Waals surface area contributed by atoms with Gasteiger partial charge in [-0.25, -0.2) is 0 Å². The maximum atomic E-state index is 12.8. The first kappa shape index (κ1) is 18.7. The standard InChI is InChI=1S/C24H25NO2/c1-17-13-14-21(15-18(17)2)19(3)25-24(26)22-11-7-8-12-23(22)27-16-20-9-5-4-6-10-20/h4-15,19H,16H2,1-3H3,(H,25,26)/t19-/m1/s1. The number of ether oxygens (including phenoxy) is 1. The minimum atomic E-state index is -0.135. The molecule has 3 aromatic rings. The number of amides is 1. The van der Waals surface area contributed by atoms with E-state index >= 15 is 0 Å². The maximum Gasteiger partial charge on any atom is 0.255 e. The Morgan fingerprint density at radius 3 is 2.37 bits per heavy atom. The van der Waals surface area contributed by atoms with Crippen molar-refractivity contribution >= 4 is 5.91 Å². The highest BCUT2D eigenvalue weighted by Gasteiger charge is 2.16. The summed E-state index contributed by atoms with van der Waals surface area (Å²) in [4.78, 5) is 12.8.